The minimum atomic E-state index is 0. The third kappa shape index (κ3) is 5.36. The van der Waals surface area contributed by atoms with Gasteiger partial charge in [-0.25, -0.2) is 9.98 Å². The van der Waals surface area contributed by atoms with Crippen LogP contribution in [-0.2, 0) is 19.4 Å². The molecule has 2 heterocycles. The van der Waals surface area contributed by atoms with E-state index in [0.717, 1.165) is 55.7 Å². The predicted octanol–water partition coefficient (Wildman–Crippen LogP) is 3.14. The van der Waals surface area contributed by atoms with E-state index in [0.29, 0.717) is 12.4 Å². The van der Waals surface area contributed by atoms with Gasteiger partial charge in [-0.1, -0.05) is 12.1 Å². The number of oxazole rings is 1. The summed E-state index contributed by atoms with van der Waals surface area (Å²) in [6.07, 6.45) is 1.95. The van der Waals surface area contributed by atoms with Gasteiger partial charge in [0.2, 0.25) is 5.89 Å². The van der Waals surface area contributed by atoms with E-state index in [1.165, 1.54) is 11.1 Å². The number of aliphatic imine (C=N–C) groups is 1. The Morgan fingerprint density at radius 1 is 1.27 bits per heavy atom. The quantitative estimate of drug-likeness (QED) is 0.386. The second kappa shape index (κ2) is 9.80. The van der Waals surface area contributed by atoms with E-state index < -0.39 is 0 Å². The number of nitrogens with one attached hydrogen (secondary N) is 2. The lowest BCUT2D eigenvalue weighted by Gasteiger charge is -2.11. The average molecular weight is 470 g/mol. The number of guanidine groups is 1. The van der Waals surface area contributed by atoms with Gasteiger partial charge in [0, 0.05) is 19.5 Å². The Morgan fingerprint density at radius 3 is 2.85 bits per heavy atom. The second-order valence-corrected chi connectivity index (χ2v) is 6.16. The van der Waals surface area contributed by atoms with Gasteiger partial charge >= 0.3 is 0 Å². The zero-order valence-corrected chi connectivity index (χ0v) is 17.9. The van der Waals surface area contributed by atoms with Gasteiger partial charge in [0.25, 0.3) is 0 Å². The van der Waals surface area contributed by atoms with Crippen LogP contribution >= 0.6 is 24.0 Å². The fourth-order valence-electron chi connectivity index (χ4n) is 2.82. The van der Waals surface area contributed by atoms with Crippen LogP contribution in [0.4, 0.5) is 0 Å². The number of aromatic nitrogens is 1. The molecule has 0 unspecified atom stereocenters. The van der Waals surface area contributed by atoms with Crippen LogP contribution in [0, 0.1) is 13.8 Å². The molecule has 1 aliphatic heterocycles. The lowest BCUT2D eigenvalue weighted by molar-refractivity contribution is 0.357. The maximum absolute atomic E-state index is 5.57. The van der Waals surface area contributed by atoms with Crippen LogP contribution in [0.25, 0.3) is 0 Å². The van der Waals surface area contributed by atoms with Gasteiger partial charge in [0.1, 0.15) is 18.1 Å². The molecule has 0 fully saturated rings. The molecule has 142 valence electrons. The summed E-state index contributed by atoms with van der Waals surface area (Å²) >= 11 is 0. The highest BCUT2D eigenvalue weighted by Crippen LogP contribution is 2.25. The van der Waals surface area contributed by atoms with Crippen LogP contribution in [-0.4, -0.2) is 30.6 Å². The van der Waals surface area contributed by atoms with Gasteiger partial charge in [-0.05, 0) is 44.4 Å². The average Bonchev–Trinajstić information content (AvgIpc) is 3.19. The zero-order chi connectivity index (χ0) is 17.6. The van der Waals surface area contributed by atoms with Crippen LogP contribution in [0.1, 0.15) is 35.4 Å². The van der Waals surface area contributed by atoms with Crippen molar-refractivity contribution in [2.45, 2.75) is 40.2 Å². The monoisotopic (exact) mass is 470 g/mol. The Bertz CT molecular complexity index is 738. The Kier molecular flexibility index (Phi) is 7.74. The molecule has 0 spiro atoms. The normalized spacial score (nSPS) is 13.0. The summed E-state index contributed by atoms with van der Waals surface area (Å²) < 4.78 is 11.1. The molecule has 0 aliphatic carbocycles. The van der Waals surface area contributed by atoms with Gasteiger partial charge in [-0.2, -0.15) is 0 Å². The molecule has 7 heteroatoms. The van der Waals surface area contributed by atoms with Gasteiger partial charge < -0.3 is 19.8 Å². The molecule has 2 N–H and O–H groups in total. The lowest BCUT2D eigenvalue weighted by Crippen LogP contribution is -2.38. The predicted molar refractivity (Wildman–Crippen MR) is 114 cm³/mol. The first-order chi connectivity index (χ1) is 12.2. The summed E-state index contributed by atoms with van der Waals surface area (Å²) in [6, 6.07) is 6.45. The van der Waals surface area contributed by atoms with Crippen molar-refractivity contribution in [1.29, 1.82) is 0 Å². The molecule has 1 aliphatic rings. The number of aryl methyl sites for hydroxylation is 2. The smallest absolute Gasteiger partial charge is 0.216 e. The Labute approximate surface area is 171 Å². The summed E-state index contributed by atoms with van der Waals surface area (Å²) in [4.78, 5) is 8.91. The van der Waals surface area contributed by atoms with Crippen LogP contribution in [0.5, 0.6) is 5.75 Å². The number of nitrogens with zero attached hydrogens (tertiary/aromatic N) is 2. The van der Waals surface area contributed by atoms with Gasteiger partial charge in [0.05, 0.1) is 12.3 Å². The number of benzene rings is 1. The molecule has 0 radical (unpaired) electrons. The fourth-order valence-corrected chi connectivity index (χ4v) is 2.82. The third-order valence-corrected chi connectivity index (χ3v) is 4.25. The molecular formula is C19H27IN4O2. The lowest BCUT2D eigenvalue weighted by atomic mass is 10.1. The van der Waals surface area contributed by atoms with E-state index in [4.69, 9.17) is 9.15 Å². The van der Waals surface area contributed by atoms with E-state index in [1.54, 1.807) is 0 Å². The summed E-state index contributed by atoms with van der Waals surface area (Å²) in [6.45, 7) is 8.77. The van der Waals surface area contributed by atoms with Crippen LogP contribution in [0.15, 0.2) is 27.6 Å². The van der Waals surface area contributed by atoms with Crippen molar-refractivity contribution in [3.8, 4) is 5.75 Å². The van der Waals surface area contributed by atoms with Crippen molar-refractivity contribution in [2.75, 3.05) is 19.7 Å². The SMILES string of the molecule is CCNC(=NCc1nc(C)c(C)o1)NCCc1ccc2c(c1)CCO2.I. The highest BCUT2D eigenvalue weighted by atomic mass is 127. The molecule has 0 amide bonds. The van der Waals surface area contributed by atoms with Gasteiger partial charge in [-0.15, -0.1) is 24.0 Å². The van der Waals surface area contributed by atoms with Crippen LogP contribution in [0.2, 0.25) is 0 Å². The zero-order valence-electron chi connectivity index (χ0n) is 15.6. The molecule has 1 aromatic heterocycles. The van der Waals surface area contributed by atoms with Crippen molar-refractivity contribution < 1.29 is 9.15 Å². The van der Waals surface area contributed by atoms with E-state index in [-0.39, 0.29) is 24.0 Å². The second-order valence-electron chi connectivity index (χ2n) is 6.16. The van der Waals surface area contributed by atoms with Crippen molar-refractivity contribution in [3.63, 3.8) is 0 Å². The molecule has 26 heavy (non-hydrogen) atoms. The molecule has 0 bridgehead atoms. The minimum Gasteiger partial charge on any atom is -0.493 e. The fraction of sp³-hybridized carbons (Fsp3) is 0.474. The van der Waals surface area contributed by atoms with Crippen LogP contribution < -0.4 is 15.4 Å². The molecule has 1 aromatic carbocycles. The maximum Gasteiger partial charge on any atom is 0.216 e. The molecule has 3 rings (SSSR count). The van der Waals surface area contributed by atoms with Crippen molar-refractivity contribution >= 4 is 29.9 Å². The number of rotatable bonds is 6. The van der Waals surface area contributed by atoms with E-state index in [9.17, 15) is 0 Å². The van der Waals surface area contributed by atoms with Crippen molar-refractivity contribution in [2.24, 2.45) is 4.99 Å². The summed E-state index contributed by atoms with van der Waals surface area (Å²) in [5.41, 5.74) is 3.54. The molecule has 0 atom stereocenters. The van der Waals surface area contributed by atoms with Crippen LogP contribution in [0.3, 0.4) is 0 Å². The number of fused-ring (bicyclic) bond motifs is 1. The molecule has 0 saturated carbocycles. The number of ether oxygens (including phenoxy) is 1. The highest BCUT2D eigenvalue weighted by Gasteiger charge is 2.12. The van der Waals surface area contributed by atoms with Crippen molar-refractivity contribution in [1.82, 2.24) is 15.6 Å². The van der Waals surface area contributed by atoms with Gasteiger partial charge in [0.15, 0.2) is 5.96 Å². The minimum absolute atomic E-state index is 0. The largest absolute Gasteiger partial charge is 0.493 e. The topological polar surface area (TPSA) is 71.7 Å². The first kappa shape index (κ1) is 20.5. The Balaban J connectivity index is 0.00000243. The Morgan fingerprint density at radius 2 is 2.12 bits per heavy atom. The first-order valence-electron chi connectivity index (χ1n) is 8.85. The molecule has 0 saturated heterocycles. The molecular weight excluding hydrogens is 443 g/mol. The van der Waals surface area contributed by atoms with E-state index in [1.807, 2.05) is 13.8 Å². The summed E-state index contributed by atoms with van der Waals surface area (Å²) in [7, 11) is 0. The third-order valence-electron chi connectivity index (χ3n) is 4.25. The highest BCUT2D eigenvalue weighted by molar-refractivity contribution is 14.0. The molecule has 2 aromatic rings. The molecule has 6 nitrogen and oxygen atoms in total. The summed E-state index contributed by atoms with van der Waals surface area (Å²) in [5.74, 6) is 3.30. The number of halogens is 1. The summed E-state index contributed by atoms with van der Waals surface area (Å²) in [5, 5.41) is 6.62. The first-order valence-corrected chi connectivity index (χ1v) is 8.85. The van der Waals surface area contributed by atoms with Crippen molar-refractivity contribution in [3.05, 3.63) is 46.7 Å². The maximum atomic E-state index is 5.57. The number of hydrogen-bond donors (Lipinski definition) is 2. The Hall–Kier alpha value is -1.77. The van der Waals surface area contributed by atoms with E-state index in [2.05, 4.69) is 45.7 Å². The van der Waals surface area contributed by atoms with E-state index >= 15 is 0 Å². The number of hydrogen-bond acceptors (Lipinski definition) is 4. The van der Waals surface area contributed by atoms with Gasteiger partial charge in [-0.3, -0.25) is 0 Å². The standard InChI is InChI=1S/C19H26N4O2.HI/c1-4-20-19(22-12-18-23-13(2)14(3)25-18)21-9-7-15-5-6-17-16(11-15)8-10-24-17;/h5-6,11H,4,7-10,12H2,1-3H3,(H2,20,21,22);1H.